The first kappa shape index (κ1) is 18.5. The average molecular weight is 355 g/mol. The van der Waals surface area contributed by atoms with Crippen molar-refractivity contribution >= 4 is 21.2 Å². The van der Waals surface area contributed by atoms with Crippen molar-refractivity contribution in [3.8, 4) is 11.5 Å². The van der Waals surface area contributed by atoms with E-state index in [1.165, 1.54) is 12.1 Å². The minimum Gasteiger partial charge on any atom is -0.716 e. The van der Waals surface area contributed by atoms with Crippen molar-refractivity contribution in [2.45, 2.75) is 26.0 Å². The first-order chi connectivity index (χ1) is 11.3. The van der Waals surface area contributed by atoms with E-state index in [-0.39, 0.29) is 12.4 Å². The van der Waals surface area contributed by atoms with Gasteiger partial charge in [0.2, 0.25) is 0 Å². The molecule has 0 radical (unpaired) electrons. The molecular formula is C16H21NO6S. The molecule has 0 fully saturated rings. The molecular weight excluding hydrogens is 334 g/mol. The van der Waals surface area contributed by atoms with E-state index in [1.807, 2.05) is 19.2 Å². The van der Waals surface area contributed by atoms with Crippen LogP contribution in [0.1, 0.15) is 13.8 Å². The van der Waals surface area contributed by atoms with Gasteiger partial charge in [0.25, 0.3) is 10.4 Å². The number of aliphatic hydroxyl groups excluding tert-OH is 1. The highest BCUT2D eigenvalue weighted by atomic mass is 32.3. The van der Waals surface area contributed by atoms with Crippen molar-refractivity contribution in [1.82, 2.24) is 0 Å². The van der Waals surface area contributed by atoms with Crippen LogP contribution in [0, 0.1) is 0 Å². The predicted molar refractivity (Wildman–Crippen MR) is 87.7 cm³/mol. The van der Waals surface area contributed by atoms with E-state index in [0.717, 1.165) is 0 Å². The molecule has 0 bridgehead atoms. The predicted octanol–water partition coefficient (Wildman–Crippen LogP) is 0.390. The Bertz CT molecular complexity index is 790. The number of benzene rings is 2. The zero-order valence-corrected chi connectivity index (χ0v) is 14.3. The molecule has 1 atom stereocenters. The van der Waals surface area contributed by atoms with E-state index < -0.39 is 16.5 Å². The van der Waals surface area contributed by atoms with E-state index in [0.29, 0.717) is 29.1 Å². The normalized spacial score (nSPS) is 13.2. The summed E-state index contributed by atoms with van der Waals surface area (Å²) in [6, 6.07) is 10.1. The topological polar surface area (TPSA) is 112 Å². The number of fused-ring (bicyclic) bond motifs is 1. The largest absolute Gasteiger partial charge is 0.716 e. The van der Waals surface area contributed by atoms with Crippen LogP contribution >= 0.6 is 0 Å². The SMILES string of the molecule is CC(C)[NH2+]C[C@H](O)COc1ccc(OS(=O)(=O)[O-])c2ccccc12. The summed E-state index contributed by atoms with van der Waals surface area (Å²) in [5.74, 6) is 0.423. The molecule has 0 aliphatic rings. The Morgan fingerprint density at radius 2 is 1.71 bits per heavy atom. The first-order valence-electron chi connectivity index (χ1n) is 7.57. The van der Waals surface area contributed by atoms with Crippen LogP contribution < -0.4 is 14.2 Å². The second-order valence-electron chi connectivity index (χ2n) is 5.78. The summed E-state index contributed by atoms with van der Waals surface area (Å²) in [5, 5.41) is 13.0. The third-order valence-electron chi connectivity index (χ3n) is 3.35. The Morgan fingerprint density at radius 1 is 1.12 bits per heavy atom. The van der Waals surface area contributed by atoms with Gasteiger partial charge in [0.05, 0.1) is 6.04 Å². The fourth-order valence-electron chi connectivity index (χ4n) is 2.24. The van der Waals surface area contributed by atoms with Crippen LogP contribution in [0.5, 0.6) is 11.5 Å². The van der Waals surface area contributed by atoms with Gasteiger partial charge in [0, 0.05) is 10.8 Å². The molecule has 0 unspecified atom stereocenters. The highest BCUT2D eigenvalue weighted by molar-refractivity contribution is 7.81. The molecule has 0 saturated carbocycles. The second kappa shape index (κ2) is 7.80. The van der Waals surface area contributed by atoms with Gasteiger partial charge < -0.3 is 23.9 Å². The van der Waals surface area contributed by atoms with Crippen molar-refractivity contribution in [2.75, 3.05) is 13.2 Å². The quantitative estimate of drug-likeness (QED) is 0.523. The summed E-state index contributed by atoms with van der Waals surface area (Å²) < 4.78 is 42.6. The van der Waals surface area contributed by atoms with Gasteiger partial charge in [-0.25, -0.2) is 8.42 Å². The maximum Gasteiger partial charge on any atom is 0.262 e. The van der Waals surface area contributed by atoms with Gasteiger partial charge in [-0.1, -0.05) is 24.3 Å². The molecule has 8 heteroatoms. The van der Waals surface area contributed by atoms with Gasteiger partial charge >= 0.3 is 0 Å². The molecule has 0 spiro atoms. The van der Waals surface area contributed by atoms with Crippen LogP contribution in [-0.4, -0.2) is 43.4 Å². The number of hydrogen-bond donors (Lipinski definition) is 2. The third-order valence-corrected chi connectivity index (χ3v) is 3.73. The average Bonchev–Trinajstić information content (AvgIpc) is 2.51. The van der Waals surface area contributed by atoms with Crippen LogP contribution in [0.2, 0.25) is 0 Å². The van der Waals surface area contributed by atoms with Gasteiger partial charge in [0.15, 0.2) is 0 Å². The summed E-state index contributed by atoms with van der Waals surface area (Å²) in [5.41, 5.74) is 0. The first-order valence-corrected chi connectivity index (χ1v) is 8.91. The van der Waals surface area contributed by atoms with Gasteiger partial charge in [0.1, 0.15) is 30.8 Å². The summed E-state index contributed by atoms with van der Waals surface area (Å²) in [6.45, 7) is 4.69. The van der Waals surface area contributed by atoms with Crippen LogP contribution in [0.25, 0.3) is 10.8 Å². The monoisotopic (exact) mass is 355 g/mol. The van der Waals surface area contributed by atoms with E-state index in [9.17, 15) is 18.1 Å². The van der Waals surface area contributed by atoms with Gasteiger partial charge in [-0.2, -0.15) is 0 Å². The Labute approximate surface area is 141 Å². The molecule has 24 heavy (non-hydrogen) atoms. The van der Waals surface area contributed by atoms with E-state index in [4.69, 9.17) is 4.74 Å². The van der Waals surface area contributed by atoms with Crippen molar-refractivity contribution in [3.05, 3.63) is 36.4 Å². The number of rotatable bonds is 8. The summed E-state index contributed by atoms with van der Waals surface area (Å²) in [7, 11) is -4.86. The lowest BCUT2D eigenvalue weighted by Gasteiger charge is -2.16. The van der Waals surface area contributed by atoms with Gasteiger partial charge in [-0.15, -0.1) is 0 Å². The van der Waals surface area contributed by atoms with Gasteiger partial charge in [-0.3, -0.25) is 0 Å². The molecule has 3 N–H and O–H groups in total. The number of hydrogen-bond acceptors (Lipinski definition) is 6. The lowest BCUT2D eigenvalue weighted by Crippen LogP contribution is -2.90. The van der Waals surface area contributed by atoms with Crippen LogP contribution in [0.4, 0.5) is 0 Å². The minimum atomic E-state index is -4.86. The molecule has 0 amide bonds. The number of nitrogens with two attached hydrogens (primary N) is 1. The Hall–Kier alpha value is -1.87. The molecule has 0 aliphatic carbocycles. The minimum absolute atomic E-state index is 0.0540. The highest BCUT2D eigenvalue weighted by Crippen LogP contribution is 2.33. The molecule has 0 aliphatic heterocycles. The number of ether oxygens (including phenoxy) is 1. The van der Waals surface area contributed by atoms with Crippen molar-refractivity contribution in [1.29, 1.82) is 0 Å². The zero-order chi connectivity index (χ0) is 17.7. The molecule has 2 rings (SSSR count). The molecule has 0 aromatic heterocycles. The molecule has 2 aromatic rings. The standard InChI is InChI=1S/C16H21NO6S/c1-11(2)17-9-12(18)10-22-15-7-8-16(23-24(19,20)21)14-6-4-3-5-13(14)15/h3-8,11-12,17-18H,9-10H2,1-2H3,(H,19,20,21)/t12-/m0/s1. The zero-order valence-electron chi connectivity index (χ0n) is 13.5. The summed E-state index contributed by atoms with van der Waals surface area (Å²) in [6.07, 6.45) is -0.635. The molecule has 2 aromatic carbocycles. The third kappa shape index (κ3) is 5.34. The number of aliphatic hydroxyl groups is 1. The lowest BCUT2D eigenvalue weighted by molar-refractivity contribution is -0.688. The molecule has 7 nitrogen and oxygen atoms in total. The van der Waals surface area contributed by atoms with Crippen molar-refractivity contribution < 1.29 is 32.3 Å². The smallest absolute Gasteiger partial charge is 0.262 e. The van der Waals surface area contributed by atoms with E-state index in [2.05, 4.69) is 4.18 Å². The van der Waals surface area contributed by atoms with Crippen molar-refractivity contribution in [2.24, 2.45) is 0 Å². The summed E-state index contributed by atoms with van der Waals surface area (Å²) in [4.78, 5) is 0. The maximum atomic E-state index is 10.8. The molecule has 132 valence electrons. The maximum absolute atomic E-state index is 10.8. The van der Waals surface area contributed by atoms with E-state index >= 15 is 0 Å². The Kier molecular flexibility index (Phi) is 6.00. The number of quaternary nitrogens is 1. The molecule has 0 saturated heterocycles. The van der Waals surface area contributed by atoms with Crippen LogP contribution in [0.15, 0.2) is 36.4 Å². The Balaban J connectivity index is 2.19. The lowest BCUT2D eigenvalue weighted by atomic mass is 10.1. The summed E-state index contributed by atoms with van der Waals surface area (Å²) >= 11 is 0. The fraction of sp³-hybridized carbons (Fsp3) is 0.375. The van der Waals surface area contributed by atoms with Crippen LogP contribution in [-0.2, 0) is 10.4 Å². The van der Waals surface area contributed by atoms with Crippen molar-refractivity contribution in [3.63, 3.8) is 0 Å². The fourth-order valence-corrected chi connectivity index (χ4v) is 2.60. The highest BCUT2D eigenvalue weighted by Gasteiger charge is 2.13. The molecule has 0 heterocycles. The second-order valence-corrected chi connectivity index (χ2v) is 6.76. The van der Waals surface area contributed by atoms with Crippen LogP contribution in [0.3, 0.4) is 0 Å². The van der Waals surface area contributed by atoms with Gasteiger partial charge in [-0.05, 0) is 26.0 Å². The Morgan fingerprint density at radius 3 is 2.29 bits per heavy atom. The van der Waals surface area contributed by atoms with E-state index in [1.54, 1.807) is 24.3 Å².